The van der Waals surface area contributed by atoms with E-state index in [2.05, 4.69) is 4.98 Å². The Balaban J connectivity index is 2.20. The molecule has 20 heavy (non-hydrogen) atoms. The Labute approximate surface area is 124 Å². The van der Waals surface area contributed by atoms with Crippen molar-refractivity contribution in [1.29, 1.82) is 0 Å². The minimum absolute atomic E-state index is 0.0322. The van der Waals surface area contributed by atoms with E-state index in [1.807, 2.05) is 30.3 Å². The Bertz CT molecular complexity index is 657. The summed E-state index contributed by atoms with van der Waals surface area (Å²) in [6.07, 6.45) is 1.48. The molecule has 1 aromatic heterocycles. The van der Waals surface area contributed by atoms with Crippen LogP contribution < -0.4 is 0 Å². The van der Waals surface area contributed by atoms with Crippen LogP contribution >= 0.6 is 11.6 Å². The van der Waals surface area contributed by atoms with Crippen LogP contribution in [0, 0.1) is 0 Å². The van der Waals surface area contributed by atoms with E-state index in [9.17, 15) is 8.42 Å². The molecule has 0 radical (unpaired) electrons. The number of nitrogens with zero attached hydrogens (tertiary/aromatic N) is 2. The van der Waals surface area contributed by atoms with Gasteiger partial charge in [-0.15, -0.1) is 11.6 Å². The average molecular weight is 311 g/mol. The molecule has 0 N–H and O–H groups in total. The van der Waals surface area contributed by atoms with Gasteiger partial charge in [0.25, 0.3) is 10.0 Å². The van der Waals surface area contributed by atoms with Crippen molar-refractivity contribution in [3.63, 3.8) is 0 Å². The highest BCUT2D eigenvalue weighted by Crippen LogP contribution is 2.15. The fraction of sp³-hybridized carbons (Fsp3) is 0.214. The van der Waals surface area contributed by atoms with E-state index < -0.39 is 10.0 Å². The smallest absolute Gasteiger partial charge is 0.243 e. The van der Waals surface area contributed by atoms with Crippen molar-refractivity contribution in [3.05, 3.63) is 59.8 Å². The standard InChI is InChI=1S/C14H15ClN2O2S/c1-17(11-12-5-3-2-4-6-12)20(18,19)14-8-7-13(9-15)10-16-14/h2-8,10H,9,11H2,1H3. The lowest BCUT2D eigenvalue weighted by molar-refractivity contribution is 0.464. The average Bonchev–Trinajstić information content (AvgIpc) is 2.48. The zero-order valence-corrected chi connectivity index (χ0v) is 12.6. The first kappa shape index (κ1) is 15.0. The SMILES string of the molecule is CN(Cc1ccccc1)S(=O)(=O)c1ccc(CCl)cn1. The molecule has 0 bridgehead atoms. The first-order valence-corrected chi connectivity index (χ1v) is 8.02. The van der Waals surface area contributed by atoms with Crippen LogP contribution in [-0.2, 0) is 22.4 Å². The van der Waals surface area contributed by atoms with E-state index in [-0.39, 0.29) is 5.03 Å². The molecule has 106 valence electrons. The third kappa shape index (κ3) is 3.36. The second kappa shape index (κ2) is 6.35. The van der Waals surface area contributed by atoms with Crippen molar-refractivity contribution in [2.75, 3.05) is 7.05 Å². The number of alkyl halides is 1. The highest BCUT2D eigenvalue weighted by Gasteiger charge is 2.22. The number of halogens is 1. The summed E-state index contributed by atoms with van der Waals surface area (Å²) in [4.78, 5) is 3.97. The molecule has 0 saturated carbocycles. The lowest BCUT2D eigenvalue weighted by atomic mass is 10.2. The summed E-state index contributed by atoms with van der Waals surface area (Å²) in [5.41, 5.74) is 1.72. The predicted octanol–water partition coefficient (Wildman–Crippen LogP) is 2.64. The summed E-state index contributed by atoms with van der Waals surface area (Å²) >= 11 is 5.66. The van der Waals surface area contributed by atoms with Crippen LogP contribution in [0.3, 0.4) is 0 Å². The van der Waals surface area contributed by atoms with Gasteiger partial charge in [-0.2, -0.15) is 4.31 Å². The molecule has 0 aliphatic rings. The van der Waals surface area contributed by atoms with Gasteiger partial charge in [0.15, 0.2) is 5.03 Å². The Hall–Kier alpha value is -1.43. The maximum absolute atomic E-state index is 12.4. The molecule has 0 unspecified atom stereocenters. The summed E-state index contributed by atoms with van der Waals surface area (Å²) in [7, 11) is -2.04. The van der Waals surface area contributed by atoms with Crippen molar-refractivity contribution < 1.29 is 8.42 Å². The molecule has 1 aromatic carbocycles. The quantitative estimate of drug-likeness (QED) is 0.798. The van der Waals surface area contributed by atoms with Crippen molar-refractivity contribution in [2.45, 2.75) is 17.5 Å². The van der Waals surface area contributed by atoms with Gasteiger partial charge in [0, 0.05) is 25.7 Å². The van der Waals surface area contributed by atoms with Gasteiger partial charge in [-0.25, -0.2) is 13.4 Å². The van der Waals surface area contributed by atoms with Crippen molar-refractivity contribution in [3.8, 4) is 0 Å². The summed E-state index contributed by atoms with van der Waals surface area (Å²) in [5.74, 6) is 0.313. The topological polar surface area (TPSA) is 50.3 Å². The second-order valence-electron chi connectivity index (χ2n) is 4.38. The van der Waals surface area contributed by atoms with Crippen LogP contribution in [0.4, 0.5) is 0 Å². The van der Waals surface area contributed by atoms with Crippen LogP contribution in [0.1, 0.15) is 11.1 Å². The van der Waals surface area contributed by atoms with Crippen LogP contribution in [0.15, 0.2) is 53.7 Å². The largest absolute Gasteiger partial charge is 0.260 e. The third-order valence-electron chi connectivity index (χ3n) is 2.87. The van der Waals surface area contributed by atoms with E-state index in [4.69, 9.17) is 11.6 Å². The number of rotatable bonds is 5. The zero-order valence-electron chi connectivity index (χ0n) is 11.0. The number of pyridine rings is 1. The molecule has 0 spiro atoms. The first-order valence-electron chi connectivity index (χ1n) is 6.05. The van der Waals surface area contributed by atoms with Crippen molar-refractivity contribution in [1.82, 2.24) is 9.29 Å². The highest BCUT2D eigenvalue weighted by atomic mass is 35.5. The Morgan fingerprint density at radius 2 is 1.80 bits per heavy atom. The summed E-state index contributed by atoms with van der Waals surface area (Å²) in [6, 6.07) is 12.6. The van der Waals surface area contributed by atoms with Crippen LogP contribution in [0.25, 0.3) is 0 Å². The van der Waals surface area contributed by atoms with Gasteiger partial charge in [-0.1, -0.05) is 36.4 Å². The van der Waals surface area contributed by atoms with Gasteiger partial charge in [0.2, 0.25) is 0 Å². The minimum atomic E-state index is -3.58. The van der Waals surface area contributed by atoms with Gasteiger partial charge < -0.3 is 0 Å². The van der Waals surface area contributed by atoms with Gasteiger partial charge in [-0.3, -0.25) is 0 Å². The summed E-state index contributed by atoms with van der Waals surface area (Å²) in [6.45, 7) is 0.308. The molecule has 0 amide bonds. The van der Waals surface area contributed by atoms with Gasteiger partial charge >= 0.3 is 0 Å². The lowest BCUT2D eigenvalue weighted by Gasteiger charge is -2.16. The van der Waals surface area contributed by atoms with Gasteiger partial charge in [-0.05, 0) is 17.2 Å². The number of aromatic nitrogens is 1. The van der Waals surface area contributed by atoms with Crippen molar-refractivity contribution >= 4 is 21.6 Å². The van der Waals surface area contributed by atoms with E-state index >= 15 is 0 Å². The first-order chi connectivity index (χ1) is 9.54. The van der Waals surface area contributed by atoms with Crippen LogP contribution in [0.5, 0.6) is 0 Å². The molecule has 2 aromatic rings. The van der Waals surface area contributed by atoms with Gasteiger partial charge in [0.05, 0.1) is 0 Å². The molecule has 0 aliphatic carbocycles. The maximum Gasteiger partial charge on any atom is 0.260 e. The number of benzene rings is 1. The van der Waals surface area contributed by atoms with E-state index in [1.165, 1.54) is 16.6 Å². The molecule has 0 fully saturated rings. The summed E-state index contributed by atoms with van der Waals surface area (Å²) < 4.78 is 26.0. The molecule has 6 heteroatoms. The zero-order chi connectivity index (χ0) is 14.6. The normalized spacial score (nSPS) is 11.8. The van der Waals surface area contributed by atoms with Gasteiger partial charge in [0.1, 0.15) is 0 Å². The molecular formula is C14H15ClN2O2S. The van der Waals surface area contributed by atoms with E-state index in [0.29, 0.717) is 12.4 Å². The monoisotopic (exact) mass is 310 g/mol. The molecule has 0 saturated heterocycles. The number of sulfonamides is 1. The Kier molecular flexibility index (Phi) is 4.75. The van der Waals surface area contributed by atoms with E-state index in [0.717, 1.165) is 11.1 Å². The van der Waals surface area contributed by atoms with Crippen molar-refractivity contribution in [2.24, 2.45) is 0 Å². The maximum atomic E-state index is 12.4. The second-order valence-corrected chi connectivity index (χ2v) is 6.64. The number of hydrogen-bond donors (Lipinski definition) is 0. The third-order valence-corrected chi connectivity index (χ3v) is 4.90. The highest BCUT2D eigenvalue weighted by molar-refractivity contribution is 7.89. The molecular weight excluding hydrogens is 296 g/mol. The van der Waals surface area contributed by atoms with Crippen LogP contribution in [0.2, 0.25) is 0 Å². The fourth-order valence-corrected chi connectivity index (χ4v) is 2.95. The molecule has 1 heterocycles. The fourth-order valence-electron chi connectivity index (χ4n) is 1.73. The Morgan fingerprint density at radius 1 is 1.10 bits per heavy atom. The Morgan fingerprint density at radius 3 is 2.35 bits per heavy atom. The molecule has 2 rings (SSSR count). The predicted molar refractivity (Wildman–Crippen MR) is 78.9 cm³/mol. The lowest BCUT2D eigenvalue weighted by Crippen LogP contribution is -2.27. The molecule has 0 aliphatic heterocycles. The number of hydrogen-bond acceptors (Lipinski definition) is 3. The summed E-state index contributed by atoms with van der Waals surface area (Å²) in [5, 5.41) is 0.0322. The molecule has 0 atom stereocenters. The van der Waals surface area contributed by atoms with Crippen LogP contribution in [-0.4, -0.2) is 24.8 Å². The van der Waals surface area contributed by atoms with E-state index in [1.54, 1.807) is 13.1 Å². The minimum Gasteiger partial charge on any atom is -0.243 e. The molecule has 4 nitrogen and oxygen atoms in total.